The fraction of sp³-hybridized carbons (Fsp3) is 0.524. The molecule has 0 spiro atoms. The number of hydrogen-bond acceptors (Lipinski definition) is 38. The number of fused-ring (bicyclic) bond motifs is 6. The van der Waals surface area contributed by atoms with Crippen LogP contribution in [0.4, 0.5) is 27.9 Å². The Hall–Kier alpha value is -6.80. The zero-order chi connectivity index (χ0) is 69.4. The van der Waals surface area contributed by atoms with Crippen LogP contribution in [-0.2, 0) is 89.3 Å². The Bertz CT molecular complexity index is 4780. The summed E-state index contributed by atoms with van der Waals surface area (Å²) in [7, 11) is -28.8. The number of nitrogen functional groups attached to an aromatic ring is 4. The number of halogens is 1. The molecular weight excluding hydrogens is 1420 g/mol. The van der Waals surface area contributed by atoms with Gasteiger partial charge in [0.1, 0.15) is 90.3 Å². The van der Waals surface area contributed by atoms with Gasteiger partial charge in [0, 0.05) is 0 Å². The van der Waals surface area contributed by atoms with Crippen molar-refractivity contribution in [1.82, 2.24) is 73.1 Å². The van der Waals surface area contributed by atoms with Crippen LogP contribution in [0.15, 0.2) is 47.6 Å². The third-order valence-electron chi connectivity index (χ3n) is 15.6. The molecule has 21 atom stereocenters. The lowest BCUT2D eigenvalue weighted by Crippen LogP contribution is -2.45. The molecule has 97 heavy (non-hydrogen) atoms. The van der Waals surface area contributed by atoms with Crippen molar-refractivity contribution < 1.29 is 136 Å². The lowest BCUT2D eigenvalue weighted by atomic mass is 10.0. The first-order valence-corrected chi connectivity index (χ1v) is 35.0. The van der Waals surface area contributed by atoms with Gasteiger partial charge in [0.15, 0.2) is 58.9 Å². The zero-order valence-corrected chi connectivity index (χ0v) is 53.0. The number of aromatic nitrogens is 16. The smallest absolute Gasteiger partial charge is 0.487 e. The molecule has 2 bridgehead atoms. The summed E-state index contributed by atoms with van der Waals surface area (Å²) in [6.07, 6.45) is -22.0. The predicted octanol–water partition coefficient (Wildman–Crippen LogP) is -5.43. The Kier molecular flexibility index (Phi) is 17.8. The topological polar surface area (TPSA) is 700 Å². The van der Waals surface area contributed by atoms with Gasteiger partial charge in [-0.05, 0) is 0 Å². The molecule has 5 aliphatic heterocycles. The molecule has 13 rings (SSSR count). The standard InChI is InChI=1S/C42H52FN20O29P5/c1-59-12-63(33-20(59)35(69)58-41(47)56-33)38-24(67)22(65)14(86-38)3-83-95(74,75)91-97(78,79)92-96(76,77)84-6-42-5-80-26(39(88-42)61-10-53-18-29(45)49-8-51-31(18)61)27(42)90-94(72,73)82-4-15-25(16(43)36(87-15)60-9-52-17-28(44)48-7-50-30(17)60)89-93(70,71)81-2-13-21(64)23(66)37(85-13)62-11-54-19-32(62)55-40(46)57-34(19)68/h7-16,21-27,36-39,64-67H,2-6H2,1H3,(H14-,44,45,46,47,48,49,50,51,55,56,57,58,68,69,70,71,72,73,74,75,76,77,78,79)/t13-,14-,15-,16+,21?,22+,23+,24?,25?,26+,27?,36-,37-,38-,39-,42-/m1/s1. The van der Waals surface area contributed by atoms with Crippen molar-refractivity contribution in [2.45, 2.75) is 97.7 Å². The third-order valence-corrected chi connectivity index (χ3v) is 21.8. The van der Waals surface area contributed by atoms with E-state index in [-0.39, 0.29) is 68.2 Å². The van der Waals surface area contributed by atoms with E-state index in [1.165, 1.54) is 17.9 Å². The number of hydrogen-bond donors (Lipinski definition) is 14. The van der Waals surface area contributed by atoms with Crippen LogP contribution in [0.5, 0.6) is 0 Å². The minimum Gasteiger partial charge on any atom is -0.756 e. The molecule has 9 unspecified atom stereocenters. The van der Waals surface area contributed by atoms with Crippen LogP contribution in [0.2, 0.25) is 0 Å². The number of rotatable bonds is 24. The minimum absolute atomic E-state index is 0.0224. The molecule has 5 aliphatic rings. The first-order chi connectivity index (χ1) is 45.6. The van der Waals surface area contributed by atoms with Crippen molar-refractivity contribution in [3.63, 3.8) is 0 Å². The summed E-state index contributed by atoms with van der Waals surface area (Å²) < 4.78 is 159. The largest absolute Gasteiger partial charge is 0.756 e. The summed E-state index contributed by atoms with van der Waals surface area (Å²) in [6, 6.07) is 0. The number of phosphoric ester groups is 4. The number of imidazole rings is 4. The number of alkyl halides is 1. The van der Waals surface area contributed by atoms with Crippen LogP contribution in [-0.4, -0.2) is 219 Å². The molecule has 8 aromatic rings. The van der Waals surface area contributed by atoms with E-state index in [0.29, 0.717) is 0 Å². The molecule has 0 aromatic carbocycles. The number of nitrogens with zero attached hydrogens (tertiary/aromatic N) is 14. The molecule has 49 nitrogen and oxygen atoms in total. The van der Waals surface area contributed by atoms with Crippen LogP contribution >= 0.6 is 39.1 Å². The highest BCUT2D eigenvalue weighted by Crippen LogP contribution is 2.67. The Balaban J connectivity index is 0.699. The molecule has 0 amide bonds. The number of aryl methyl sites for hydroxylation is 1. The highest BCUT2D eigenvalue weighted by Gasteiger charge is 2.66. The van der Waals surface area contributed by atoms with Crippen LogP contribution < -0.4 is 43.5 Å². The first-order valence-electron chi connectivity index (χ1n) is 27.6. The molecule has 526 valence electrons. The molecule has 5 saturated heterocycles. The molecule has 0 radical (unpaired) electrons. The lowest BCUT2D eigenvalue weighted by molar-refractivity contribution is -0.646. The van der Waals surface area contributed by atoms with Gasteiger partial charge >= 0.3 is 36.9 Å². The number of aliphatic hydroxyl groups is 4. The van der Waals surface area contributed by atoms with Gasteiger partial charge in [0.2, 0.25) is 24.5 Å². The molecule has 5 fully saturated rings. The summed E-state index contributed by atoms with van der Waals surface area (Å²) in [5.41, 5.74) is 18.4. The van der Waals surface area contributed by atoms with E-state index in [4.69, 9.17) is 69.2 Å². The van der Waals surface area contributed by atoms with Gasteiger partial charge in [-0.25, -0.2) is 66.4 Å². The van der Waals surface area contributed by atoms with Gasteiger partial charge < -0.3 is 96.0 Å². The fourth-order valence-electron chi connectivity index (χ4n) is 11.3. The van der Waals surface area contributed by atoms with Crippen molar-refractivity contribution in [3.05, 3.63) is 58.7 Å². The second kappa shape index (κ2) is 25.1. The lowest BCUT2D eigenvalue weighted by Gasteiger charge is -2.32. The summed E-state index contributed by atoms with van der Waals surface area (Å²) in [5, 5.41) is 43.5. The van der Waals surface area contributed by atoms with Crippen LogP contribution in [0.25, 0.3) is 44.7 Å². The predicted molar refractivity (Wildman–Crippen MR) is 304 cm³/mol. The molecule has 18 N–H and O–H groups in total. The number of aromatic amines is 2. The Labute approximate surface area is 534 Å². The SMILES string of the molecule is C[n+]1cn([C@@H]2O[C@H](COP(=O)([O-])OP(=O)(O)OP(=O)(O)OC[C@]34CO[C@@H](C3OP(=O)(O)OC[C@H]3O[C@@H](n5cnc6c(N)ncnc65)[C@@H](F)C3OP(=O)(O)OC[C@H]3O[C@@H](n5cnc6c(=O)[nH]c(N)nc65)[C@@H](O)C3O)[C@H](n3cnc5c(N)ncnc53)O4)[C@H](O)C2O)c2nc(N)[nH]c(=O)c21. The maximum absolute atomic E-state index is 17.0. The van der Waals surface area contributed by atoms with Gasteiger partial charge in [-0.15, -0.1) is 0 Å². The van der Waals surface area contributed by atoms with Crippen molar-refractivity contribution in [3.8, 4) is 0 Å². The molecule has 0 aliphatic carbocycles. The number of anilines is 4. The number of ether oxygens (including phenoxy) is 5. The van der Waals surface area contributed by atoms with E-state index in [1.807, 2.05) is 0 Å². The van der Waals surface area contributed by atoms with E-state index in [9.17, 15) is 77.3 Å². The summed E-state index contributed by atoms with van der Waals surface area (Å²) in [5.74, 6) is -1.03. The van der Waals surface area contributed by atoms with Gasteiger partial charge in [-0.3, -0.25) is 60.4 Å². The molecule has 55 heteroatoms. The van der Waals surface area contributed by atoms with Crippen molar-refractivity contribution in [1.29, 1.82) is 0 Å². The number of H-pyrrole nitrogens is 2. The van der Waals surface area contributed by atoms with Crippen LogP contribution in [0.3, 0.4) is 0 Å². The molecule has 13 heterocycles. The Morgan fingerprint density at radius 2 is 1.13 bits per heavy atom. The number of aliphatic hydroxyl groups excluding tert-OH is 4. The third kappa shape index (κ3) is 13.0. The summed E-state index contributed by atoms with van der Waals surface area (Å²) in [4.78, 5) is 122. The van der Waals surface area contributed by atoms with Gasteiger partial charge in [0.25, 0.3) is 24.5 Å². The number of phosphoric acid groups is 5. The highest BCUT2D eigenvalue weighted by molar-refractivity contribution is 7.66. The average Bonchev–Trinajstić information content (AvgIpc) is 1.57. The first kappa shape index (κ1) is 68.7. The maximum Gasteiger partial charge on any atom is 0.487 e. The van der Waals surface area contributed by atoms with Crippen molar-refractivity contribution in [2.75, 3.05) is 56.0 Å². The molecular formula is C42H52FN20O29P5. The second-order valence-electron chi connectivity index (χ2n) is 21.9. The van der Waals surface area contributed by atoms with Crippen LogP contribution in [0, 0.1) is 0 Å². The van der Waals surface area contributed by atoms with Crippen LogP contribution in [0.1, 0.15) is 24.9 Å². The summed E-state index contributed by atoms with van der Waals surface area (Å²) >= 11 is 0. The van der Waals surface area contributed by atoms with E-state index < -0.39 is 181 Å². The van der Waals surface area contributed by atoms with Gasteiger partial charge in [0.05, 0.1) is 59.1 Å². The van der Waals surface area contributed by atoms with E-state index in [1.54, 1.807) is 0 Å². The van der Waals surface area contributed by atoms with Gasteiger partial charge in [-0.1, -0.05) is 0 Å². The monoisotopic (exact) mass is 1470 g/mol. The Morgan fingerprint density at radius 1 is 0.619 bits per heavy atom. The molecule has 8 aromatic heterocycles. The number of nitrogens with two attached hydrogens (primary N) is 4. The van der Waals surface area contributed by atoms with Crippen molar-refractivity contribution >= 4 is 107 Å². The average molecular weight is 1470 g/mol. The zero-order valence-electron chi connectivity index (χ0n) is 48.5. The molecule has 0 saturated carbocycles. The normalized spacial score (nSPS) is 32.1. The van der Waals surface area contributed by atoms with Gasteiger partial charge in [-0.2, -0.15) is 18.8 Å². The summed E-state index contributed by atoms with van der Waals surface area (Å²) in [6.45, 7) is -5.89. The second-order valence-corrected chi connectivity index (χ2v) is 29.3. The van der Waals surface area contributed by atoms with E-state index >= 15 is 4.39 Å². The van der Waals surface area contributed by atoms with E-state index in [0.717, 1.165) is 49.9 Å². The van der Waals surface area contributed by atoms with E-state index in [2.05, 4.69) is 68.0 Å². The van der Waals surface area contributed by atoms with Crippen molar-refractivity contribution in [2.24, 2.45) is 7.05 Å². The number of nitrogens with one attached hydrogen (secondary N) is 2. The fourth-order valence-corrected chi connectivity index (χ4v) is 16.8. The minimum atomic E-state index is -6.39. The Morgan fingerprint density at radius 3 is 1.75 bits per heavy atom. The highest BCUT2D eigenvalue weighted by atomic mass is 31.3. The maximum atomic E-state index is 17.0. The quantitative estimate of drug-likeness (QED) is 0.0198.